The maximum absolute atomic E-state index is 11.7. The van der Waals surface area contributed by atoms with Crippen LogP contribution in [0.2, 0.25) is 0 Å². The molecule has 0 spiro atoms. The fourth-order valence-electron chi connectivity index (χ4n) is 1.58. The first-order chi connectivity index (χ1) is 8.78. The van der Waals surface area contributed by atoms with Crippen molar-refractivity contribution in [1.82, 2.24) is 9.78 Å². The molecule has 2 rings (SSSR count). The second-order valence-corrected chi connectivity index (χ2v) is 3.91. The van der Waals surface area contributed by atoms with Crippen LogP contribution in [0.4, 0.5) is 16.3 Å². The van der Waals surface area contributed by atoms with Crippen molar-refractivity contribution in [2.45, 2.75) is 19.9 Å². The van der Waals surface area contributed by atoms with E-state index in [1.165, 1.54) is 0 Å². The zero-order valence-corrected chi connectivity index (χ0v) is 10.3. The van der Waals surface area contributed by atoms with E-state index < -0.39 is 0 Å². The molecule has 0 bridgehead atoms. The number of carbonyl (C=O) groups excluding carboxylic acids is 1. The Morgan fingerprint density at radius 1 is 1.22 bits per heavy atom. The second kappa shape index (κ2) is 5.86. The number of benzene rings is 1. The highest BCUT2D eigenvalue weighted by atomic mass is 16.2. The molecule has 0 unspecified atom stereocenters. The lowest BCUT2D eigenvalue weighted by Gasteiger charge is -2.04. The Balaban J connectivity index is 1.90. The van der Waals surface area contributed by atoms with Gasteiger partial charge in [0.15, 0.2) is 5.82 Å². The predicted octanol–water partition coefficient (Wildman–Crippen LogP) is 2.94. The van der Waals surface area contributed by atoms with Crippen molar-refractivity contribution in [2.75, 3.05) is 10.6 Å². The van der Waals surface area contributed by atoms with Crippen molar-refractivity contribution in [2.24, 2.45) is 0 Å². The Morgan fingerprint density at radius 2 is 2.00 bits per heavy atom. The Bertz CT molecular complexity index is 507. The zero-order valence-electron chi connectivity index (χ0n) is 10.3. The van der Waals surface area contributed by atoms with Gasteiger partial charge in [-0.15, -0.1) is 0 Å². The molecule has 2 aromatic rings. The minimum atomic E-state index is -0.289. The number of anilines is 2. The lowest BCUT2D eigenvalue weighted by Crippen LogP contribution is -2.19. The molecule has 18 heavy (non-hydrogen) atoms. The highest BCUT2D eigenvalue weighted by molar-refractivity contribution is 5.99. The standard InChI is InChI=1S/C13H16N4O/c1-2-9-17-10-8-12(16-17)15-13(18)14-11-6-4-3-5-7-11/h3-8,10H,2,9H2,1H3,(H2,14,15,16,18). The summed E-state index contributed by atoms with van der Waals surface area (Å²) in [7, 11) is 0. The number of para-hydroxylation sites is 1. The summed E-state index contributed by atoms with van der Waals surface area (Å²) >= 11 is 0. The van der Waals surface area contributed by atoms with Gasteiger partial charge in [-0.1, -0.05) is 25.1 Å². The summed E-state index contributed by atoms with van der Waals surface area (Å²) in [4.78, 5) is 11.7. The van der Waals surface area contributed by atoms with E-state index in [1.54, 1.807) is 10.7 Å². The molecule has 0 saturated heterocycles. The van der Waals surface area contributed by atoms with Gasteiger partial charge < -0.3 is 5.32 Å². The van der Waals surface area contributed by atoms with E-state index in [-0.39, 0.29) is 6.03 Å². The monoisotopic (exact) mass is 244 g/mol. The van der Waals surface area contributed by atoms with Crippen LogP contribution >= 0.6 is 0 Å². The molecule has 2 N–H and O–H groups in total. The van der Waals surface area contributed by atoms with Gasteiger partial charge in [0.05, 0.1) is 0 Å². The van der Waals surface area contributed by atoms with Gasteiger partial charge in [0, 0.05) is 24.5 Å². The van der Waals surface area contributed by atoms with Crippen LogP contribution in [0.25, 0.3) is 0 Å². The Hall–Kier alpha value is -2.30. The predicted molar refractivity (Wildman–Crippen MR) is 71.6 cm³/mol. The van der Waals surface area contributed by atoms with Crippen molar-refractivity contribution < 1.29 is 4.79 Å². The number of aryl methyl sites for hydroxylation is 1. The molecule has 1 aromatic heterocycles. The number of rotatable bonds is 4. The number of aromatic nitrogens is 2. The molecule has 0 atom stereocenters. The molecule has 5 nitrogen and oxygen atoms in total. The number of hydrogen-bond acceptors (Lipinski definition) is 2. The first-order valence-corrected chi connectivity index (χ1v) is 5.94. The average Bonchev–Trinajstić information content (AvgIpc) is 2.78. The van der Waals surface area contributed by atoms with Gasteiger partial charge in [-0.25, -0.2) is 4.79 Å². The first kappa shape index (κ1) is 12.2. The molecule has 5 heteroatoms. The molecule has 1 aromatic carbocycles. The topological polar surface area (TPSA) is 59.0 Å². The molecule has 0 saturated carbocycles. The third-order valence-corrected chi connectivity index (χ3v) is 2.37. The summed E-state index contributed by atoms with van der Waals surface area (Å²) in [5.41, 5.74) is 0.753. The summed E-state index contributed by atoms with van der Waals surface area (Å²) in [6, 6.07) is 10.8. The quantitative estimate of drug-likeness (QED) is 0.868. The van der Waals surface area contributed by atoms with Crippen molar-refractivity contribution >= 4 is 17.5 Å². The van der Waals surface area contributed by atoms with Crippen LogP contribution in [-0.4, -0.2) is 15.8 Å². The van der Waals surface area contributed by atoms with Gasteiger partial charge in [-0.05, 0) is 18.6 Å². The molecule has 0 aliphatic rings. The molecule has 94 valence electrons. The van der Waals surface area contributed by atoms with Crippen molar-refractivity contribution in [1.29, 1.82) is 0 Å². The third-order valence-electron chi connectivity index (χ3n) is 2.37. The van der Waals surface area contributed by atoms with Gasteiger partial charge in [-0.3, -0.25) is 10.00 Å². The van der Waals surface area contributed by atoms with Gasteiger partial charge in [-0.2, -0.15) is 5.10 Å². The summed E-state index contributed by atoms with van der Waals surface area (Å²) in [5, 5.41) is 9.65. The highest BCUT2D eigenvalue weighted by Crippen LogP contribution is 2.07. The lowest BCUT2D eigenvalue weighted by molar-refractivity contribution is 0.262. The molecule has 1 heterocycles. The average molecular weight is 244 g/mol. The first-order valence-electron chi connectivity index (χ1n) is 5.94. The largest absolute Gasteiger partial charge is 0.324 e. The SMILES string of the molecule is CCCn1ccc(NC(=O)Nc2ccccc2)n1. The maximum atomic E-state index is 11.7. The van der Waals surface area contributed by atoms with Crippen LogP contribution < -0.4 is 10.6 Å². The molecule has 0 fully saturated rings. The molecular formula is C13H16N4O. The minimum absolute atomic E-state index is 0.289. The lowest BCUT2D eigenvalue weighted by atomic mass is 10.3. The highest BCUT2D eigenvalue weighted by Gasteiger charge is 2.04. The number of urea groups is 1. The molecule has 0 radical (unpaired) electrons. The number of hydrogen-bond donors (Lipinski definition) is 2. The van der Waals surface area contributed by atoms with E-state index in [2.05, 4.69) is 22.7 Å². The summed E-state index contributed by atoms with van der Waals surface area (Å²) in [5.74, 6) is 0.553. The van der Waals surface area contributed by atoms with Gasteiger partial charge in [0.25, 0.3) is 0 Å². The van der Waals surface area contributed by atoms with Crippen molar-refractivity contribution in [3.05, 3.63) is 42.6 Å². The van der Waals surface area contributed by atoms with Crippen LogP contribution in [0.15, 0.2) is 42.6 Å². The summed E-state index contributed by atoms with van der Waals surface area (Å²) < 4.78 is 1.80. The number of amides is 2. The number of nitrogens with zero attached hydrogens (tertiary/aromatic N) is 2. The van der Waals surface area contributed by atoms with E-state index in [0.717, 1.165) is 18.7 Å². The van der Waals surface area contributed by atoms with Crippen molar-refractivity contribution in [3.8, 4) is 0 Å². The third kappa shape index (κ3) is 3.35. The fourth-order valence-corrected chi connectivity index (χ4v) is 1.58. The Morgan fingerprint density at radius 3 is 2.72 bits per heavy atom. The molecule has 2 amide bonds. The summed E-state index contributed by atoms with van der Waals surface area (Å²) in [6.07, 6.45) is 2.86. The second-order valence-electron chi connectivity index (χ2n) is 3.91. The van der Waals surface area contributed by atoms with Crippen LogP contribution in [0, 0.1) is 0 Å². The number of carbonyl (C=O) groups is 1. The Kier molecular flexibility index (Phi) is 3.96. The maximum Gasteiger partial charge on any atom is 0.324 e. The smallest absolute Gasteiger partial charge is 0.308 e. The van der Waals surface area contributed by atoms with E-state index in [0.29, 0.717) is 5.82 Å². The molecule has 0 aliphatic heterocycles. The van der Waals surface area contributed by atoms with E-state index in [9.17, 15) is 4.79 Å². The van der Waals surface area contributed by atoms with Gasteiger partial charge in [0.2, 0.25) is 0 Å². The minimum Gasteiger partial charge on any atom is -0.308 e. The normalized spacial score (nSPS) is 10.1. The van der Waals surface area contributed by atoms with E-state index in [1.807, 2.05) is 36.5 Å². The molecule has 0 aliphatic carbocycles. The van der Waals surface area contributed by atoms with Crippen LogP contribution in [-0.2, 0) is 6.54 Å². The van der Waals surface area contributed by atoms with Crippen LogP contribution in [0.3, 0.4) is 0 Å². The van der Waals surface area contributed by atoms with Crippen molar-refractivity contribution in [3.63, 3.8) is 0 Å². The Labute approximate surface area is 106 Å². The number of nitrogens with one attached hydrogen (secondary N) is 2. The van der Waals surface area contributed by atoms with Crippen LogP contribution in [0.1, 0.15) is 13.3 Å². The summed E-state index contributed by atoms with van der Waals surface area (Å²) in [6.45, 7) is 2.93. The molecular weight excluding hydrogens is 228 g/mol. The van der Waals surface area contributed by atoms with Gasteiger partial charge >= 0.3 is 6.03 Å². The fraction of sp³-hybridized carbons (Fsp3) is 0.231. The van der Waals surface area contributed by atoms with Crippen LogP contribution in [0.5, 0.6) is 0 Å². The van der Waals surface area contributed by atoms with E-state index in [4.69, 9.17) is 0 Å². The van der Waals surface area contributed by atoms with Gasteiger partial charge in [0.1, 0.15) is 0 Å². The van der Waals surface area contributed by atoms with E-state index >= 15 is 0 Å². The zero-order chi connectivity index (χ0) is 12.8.